The smallest absolute Gasteiger partial charge is 0.308 e. The van der Waals surface area contributed by atoms with E-state index in [1.54, 1.807) is 30.6 Å². The molecule has 1 heterocycles. The molecule has 0 spiro atoms. The molecule has 21 heavy (non-hydrogen) atoms. The van der Waals surface area contributed by atoms with Crippen LogP contribution in [-0.4, -0.2) is 18.1 Å². The highest BCUT2D eigenvalue weighted by Gasteiger charge is 2.12. The van der Waals surface area contributed by atoms with Crippen LogP contribution in [0.1, 0.15) is 6.92 Å². The number of aromatic nitrogens is 1. The summed E-state index contributed by atoms with van der Waals surface area (Å²) in [6.45, 7) is 1.36. The maximum atomic E-state index is 11.2. The Bertz CT molecular complexity index is 777. The summed E-state index contributed by atoms with van der Waals surface area (Å²) in [5.74, 6) is 0.548. The van der Waals surface area contributed by atoms with Crippen LogP contribution in [0.2, 0.25) is 0 Å². The first-order valence-corrected chi connectivity index (χ1v) is 7.21. The van der Waals surface area contributed by atoms with Crippen LogP contribution in [0, 0.1) is 0 Å². The number of methoxy groups -OCH3 is 1. The minimum Gasteiger partial charge on any atom is -0.493 e. The summed E-state index contributed by atoms with van der Waals surface area (Å²) >= 11 is 1.60. The fraction of sp³-hybridized carbons (Fsp3) is 0.125. The number of carbonyl (C=O) groups excluding carboxylic acids is 1. The predicted molar refractivity (Wildman–Crippen MR) is 82.9 cm³/mol. The summed E-state index contributed by atoms with van der Waals surface area (Å²) in [5, 5.41) is 0.882. The number of nitrogens with zero attached hydrogens (tertiary/aromatic N) is 1. The minimum absolute atomic E-state index is 0.380. The molecule has 0 unspecified atom stereocenters. The lowest BCUT2D eigenvalue weighted by Crippen LogP contribution is -2.03. The zero-order valence-corrected chi connectivity index (χ0v) is 12.4. The van der Waals surface area contributed by atoms with Gasteiger partial charge in [0.05, 0.1) is 17.3 Å². The second kappa shape index (κ2) is 5.54. The molecular formula is C16H13NO3S. The summed E-state index contributed by atoms with van der Waals surface area (Å²) < 4.78 is 11.5. The van der Waals surface area contributed by atoms with E-state index >= 15 is 0 Å². The number of para-hydroxylation sites is 1. The minimum atomic E-state index is -0.380. The van der Waals surface area contributed by atoms with E-state index in [2.05, 4.69) is 4.98 Å². The Balaban J connectivity index is 2.07. The molecule has 0 saturated heterocycles. The first-order valence-electron chi connectivity index (χ1n) is 6.40. The number of esters is 1. The number of benzene rings is 2. The van der Waals surface area contributed by atoms with Gasteiger partial charge in [0.1, 0.15) is 5.01 Å². The summed E-state index contributed by atoms with van der Waals surface area (Å²) in [6, 6.07) is 13.4. The molecule has 0 atom stereocenters. The fourth-order valence-electron chi connectivity index (χ4n) is 2.04. The van der Waals surface area contributed by atoms with E-state index in [9.17, 15) is 4.79 Å². The molecule has 4 nitrogen and oxygen atoms in total. The second-order valence-corrected chi connectivity index (χ2v) is 5.48. The van der Waals surface area contributed by atoms with Crippen LogP contribution < -0.4 is 9.47 Å². The molecule has 3 aromatic rings. The van der Waals surface area contributed by atoms with E-state index in [4.69, 9.17) is 9.47 Å². The topological polar surface area (TPSA) is 48.4 Å². The number of carbonyl (C=O) groups is 1. The maximum Gasteiger partial charge on any atom is 0.308 e. The van der Waals surface area contributed by atoms with Crippen LogP contribution in [0.25, 0.3) is 20.8 Å². The van der Waals surface area contributed by atoms with Crippen LogP contribution >= 0.6 is 11.3 Å². The van der Waals surface area contributed by atoms with Crippen LogP contribution in [0.3, 0.4) is 0 Å². The molecule has 0 aliphatic carbocycles. The number of ether oxygens (including phenoxy) is 2. The molecule has 1 aromatic heterocycles. The van der Waals surface area contributed by atoms with Crippen LogP contribution in [0.5, 0.6) is 11.5 Å². The maximum absolute atomic E-state index is 11.2. The van der Waals surface area contributed by atoms with Crippen molar-refractivity contribution in [3.05, 3.63) is 42.5 Å². The standard InChI is InChI=1S/C16H13NO3S/c1-10(18)20-14-9-11(7-8-13(14)19-2)16-17-12-5-3-4-6-15(12)21-16/h3-9H,1-2H3. The van der Waals surface area contributed by atoms with Crippen molar-refractivity contribution in [2.24, 2.45) is 0 Å². The third kappa shape index (κ3) is 2.73. The van der Waals surface area contributed by atoms with Crippen molar-refractivity contribution < 1.29 is 14.3 Å². The lowest BCUT2D eigenvalue weighted by molar-refractivity contribution is -0.132. The van der Waals surface area contributed by atoms with Gasteiger partial charge in [0.2, 0.25) is 0 Å². The molecule has 0 N–H and O–H groups in total. The number of hydrogen-bond donors (Lipinski definition) is 0. The Hall–Kier alpha value is -2.40. The summed E-state index contributed by atoms with van der Waals surface area (Å²) in [6.07, 6.45) is 0. The summed E-state index contributed by atoms with van der Waals surface area (Å²) in [4.78, 5) is 15.8. The second-order valence-electron chi connectivity index (χ2n) is 4.45. The fourth-order valence-corrected chi connectivity index (χ4v) is 3.00. The third-order valence-corrected chi connectivity index (χ3v) is 4.04. The average Bonchev–Trinajstić information content (AvgIpc) is 2.90. The van der Waals surface area contributed by atoms with E-state index < -0.39 is 0 Å². The van der Waals surface area contributed by atoms with Crippen molar-refractivity contribution in [3.8, 4) is 22.1 Å². The lowest BCUT2D eigenvalue weighted by atomic mass is 10.2. The van der Waals surface area contributed by atoms with Gasteiger partial charge in [0, 0.05) is 12.5 Å². The third-order valence-electron chi connectivity index (χ3n) is 2.96. The molecule has 5 heteroatoms. The highest BCUT2D eigenvalue weighted by Crippen LogP contribution is 2.35. The van der Waals surface area contributed by atoms with Crippen molar-refractivity contribution in [1.82, 2.24) is 4.98 Å². The Kier molecular flexibility index (Phi) is 3.58. The molecule has 106 valence electrons. The molecule has 0 amide bonds. The van der Waals surface area contributed by atoms with E-state index in [1.807, 2.05) is 30.3 Å². The number of fused-ring (bicyclic) bond motifs is 1. The SMILES string of the molecule is COc1ccc(-c2nc3ccccc3s2)cc1OC(C)=O. The number of rotatable bonds is 3. The van der Waals surface area contributed by atoms with E-state index in [0.717, 1.165) is 20.8 Å². The van der Waals surface area contributed by atoms with Gasteiger partial charge in [-0.05, 0) is 30.3 Å². The lowest BCUT2D eigenvalue weighted by Gasteiger charge is -2.08. The Morgan fingerprint density at radius 2 is 1.95 bits per heavy atom. The van der Waals surface area contributed by atoms with Gasteiger partial charge in [-0.25, -0.2) is 4.98 Å². The van der Waals surface area contributed by atoms with Gasteiger partial charge in [0.15, 0.2) is 11.5 Å². The van der Waals surface area contributed by atoms with Gasteiger partial charge in [-0.3, -0.25) is 4.79 Å². The Labute approximate surface area is 126 Å². The van der Waals surface area contributed by atoms with Crippen molar-refractivity contribution in [1.29, 1.82) is 0 Å². The van der Waals surface area contributed by atoms with Crippen LogP contribution in [0.4, 0.5) is 0 Å². The monoisotopic (exact) mass is 299 g/mol. The first-order chi connectivity index (χ1) is 10.2. The van der Waals surface area contributed by atoms with E-state index in [0.29, 0.717) is 11.5 Å². The highest BCUT2D eigenvalue weighted by atomic mass is 32.1. The van der Waals surface area contributed by atoms with Gasteiger partial charge in [-0.2, -0.15) is 0 Å². The van der Waals surface area contributed by atoms with Gasteiger partial charge < -0.3 is 9.47 Å². The highest BCUT2D eigenvalue weighted by molar-refractivity contribution is 7.21. The van der Waals surface area contributed by atoms with Gasteiger partial charge in [0.25, 0.3) is 0 Å². The zero-order chi connectivity index (χ0) is 14.8. The van der Waals surface area contributed by atoms with Gasteiger partial charge >= 0.3 is 5.97 Å². The molecular weight excluding hydrogens is 286 g/mol. The van der Waals surface area contributed by atoms with E-state index in [-0.39, 0.29) is 5.97 Å². The Morgan fingerprint density at radius 1 is 1.14 bits per heavy atom. The summed E-state index contributed by atoms with van der Waals surface area (Å²) in [7, 11) is 1.54. The number of thiazole rings is 1. The largest absolute Gasteiger partial charge is 0.493 e. The van der Waals surface area contributed by atoms with E-state index in [1.165, 1.54) is 6.92 Å². The summed E-state index contributed by atoms with van der Waals surface area (Å²) in [5.41, 5.74) is 1.86. The molecule has 2 aromatic carbocycles. The molecule has 0 radical (unpaired) electrons. The van der Waals surface area contributed by atoms with Crippen molar-refractivity contribution >= 4 is 27.5 Å². The van der Waals surface area contributed by atoms with Crippen molar-refractivity contribution in [2.75, 3.05) is 7.11 Å². The van der Waals surface area contributed by atoms with Crippen LogP contribution in [0.15, 0.2) is 42.5 Å². The van der Waals surface area contributed by atoms with Gasteiger partial charge in [-0.15, -0.1) is 11.3 Å². The van der Waals surface area contributed by atoms with Crippen molar-refractivity contribution in [2.45, 2.75) is 6.92 Å². The molecule has 3 rings (SSSR count). The van der Waals surface area contributed by atoms with Crippen LogP contribution in [-0.2, 0) is 4.79 Å². The average molecular weight is 299 g/mol. The van der Waals surface area contributed by atoms with Crippen molar-refractivity contribution in [3.63, 3.8) is 0 Å². The Morgan fingerprint density at radius 3 is 2.67 bits per heavy atom. The molecule has 0 aliphatic rings. The molecule has 0 fully saturated rings. The number of hydrogen-bond acceptors (Lipinski definition) is 5. The molecule has 0 aliphatic heterocycles. The van der Waals surface area contributed by atoms with Gasteiger partial charge in [-0.1, -0.05) is 12.1 Å². The molecule has 0 saturated carbocycles. The predicted octanol–water partition coefficient (Wildman–Crippen LogP) is 3.90. The molecule has 0 bridgehead atoms. The quantitative estimate of drug-likeness (QED) is 0.543. The zero-order valence-electron chi connectivity index (χ0n) is 11.6. The normalized spacial score (nSPS) is 10.6. The first kappa shape index (κ1) is 13.6.